The Morgan fingerprint density at radius 3 is 1.87 bits per heavy atom. The van der Waals surface area contributed by atoms with Gasteiger partial charge in [-0.1, -0.05) is 25.1 Å². The zero-order valence-electron chi connectivity index (χ0n) is 14.1. The van der Waals surface area contributed by atoms with Crippen LogP contribution in [-0.2, 0) is 0 Å². The molecule has 1 atom stereocenters. The lowest BCUT2D eigenvalue weighted by Gasteiger charge is -2.20. The van der Waals surface area contributed by atoms with Crippen molar-refractivity contribution in [2.45, 2.75) is 12.8 Å². The van der Waals surface area contributed by atoms with Crippen LogP contribution in [0.1, 0.15) is 24.0 Å². The summed E-state index contributed by atoms with van der Waals surface area (Å²) in [6, 6.07) is 16.0. The fraction of sp³-hybridized carbons (Fsp3) is 0.263. The van der Waals surface area contributed by atoms with E-state index in [4.69, 9.17) is 15.3 Å². The first kappa shape index (κ1) is 16.9. The average Bonchev–Trinajstić information content (AvgIpc) is 2.59. The molecule has 0 saturated carbocycles. The van der Waals surface area contributed by atoms with Gasteiger partial charge in [-0.3, -0.25) is 0 Å². The second-order valence-electron chi connectivity index (χ2n) is 5.45. The number of hydrogen-bond acceptors (Lipinski definition) is 4. The van der Waals surface area contributed by atoms with Crippen LogP contribution in [0.15, 0.2) is 54.6 Å². The van der Waals surface area contributed by atoms with Crippen LogP contribution in [0.3, 0.4) is 0 Å². The fourth-order valence-corrected chi connectivity index (χ4v) is 2.42. The van der Waals surface area contributed by atoms with Crippen LogP contribution in [0.5, 0.6) is 11.5 Å². The summed E-state index contributed by atoms with van der Waals surface area (Å²) in [4.78, 5) is 0. The molecule has 2 N–H and O–H groups in total. The van der Waals surface area contributed by atoms with Gasteiger partial charge in [0.05, 0.1) is 19.9 Å². The van der Waals surface area contributed by atoms with Crippen LogP contribution < -0.4 is 15.3 Å². The molecule has 0 aliphatic heterocycles. The Hall–Kier alpha value is -2.46. The van der Waals surface area contributed by atoms with Crippen LogP contribution in [-0.4, -0.2) is 26.3 Å². The third kappa shape index (κ3) is 4.27. The molecule has 0 heterocycles. The summed E-state index contributed by atoms with van der Waals surface area (Å²) in [5, 5.41) is 1.64. The number of methoxy groups -OCH3 is 2. The summed E-state index contributed by atoms with van der Waals surface area (Å²) in [5.41, 5.74) is 3.23. The predicted octanol–water partition coefficient (Wildman–Crippen LogP) is 3.65. The first-order valence-electron chi connectivity index (χ1n) is 7.53. The Kier molecular flexibility index (Phi) is 5.66. The molecule has 4 nitrogen and oxygen atoms in total. The van der Waals surface area contributed by atoms with Gasteiger partial charge in [-0.2, -0.15) is 0 Å². The molecule has 2 aromatic rings. The van der Waals surface area contributed by atoms with Crippen molar-refractivity contribution in [2.24, 2.45) is 5.84 Å². The number of rotatable bonds is 6. The minimum atomic E-state index is 0.226. The molecule has 0 spiro atoms. The number of nitrogens with zero attached hydrogens (tertiary/aromatic N) is 1. The zero-order chi connectivity index (χ0) is 16.8. The van der Waals surface area contributed by atoms with Gasteiger partial charge in [-0.25, -0.2) is 5.84 Å². The number of ether oxygens (including phenoxy) is 2. The van der Waals surface area contributed by atoms with Crippen LogP contribution in [0, 0.1) is 0 Å². The quantitative estimate of drug-likeness (QED) is 0.653. The van der Waals surface area contributed by atoms with E-state index >= 15 is 0 Å². The summed E-state index contributed by atoms with van der Waals surface area (Å²) < 4.78 is 10.4. The maximum atomic E-state index is 6.03. The Bertz CT molecular complexity index is 646. The molecule has 0 radical (unpaired) electrons. The molecule has 0 aliphatic rings. The SMILES string of the molecule is COc1ccc(/C(=C/C(C)c2ccc(OC)cc2)N(C)N)cc1. The van der Waals surface area contributed by atoms with E-state index in [-0.39, 0.29) is 5.92 Å². The number of hydrogen-bond donors (Lipinski definition) is 1. The third-order valence-corrected chi connectivity index (χ3v) is 3.82. The van der Waals surface area contributed by atoms with E-state index in [2.05, 4.69) is 25.1 Å². The van der Waals surface area contributed by atoms with Gasteiger partial charge in [0.1, 0.15) is 11.5 Å². The highest BCUT2D eigenvalue weighted by molar-refractivity contribution is 5.65. The lowest BCUT2D eigenvalue weighted by Crippen LogP contribution is -2.24. The van der Waals surface area contributed by atoms with Gasteiger partial charge < -0.3 is 14.5 Å². The van der Waals surface area contributed by atoms with Crippen molar-refractivity contribution < 1.29 is 9.47 Å². The minimum Gasteiger partial charge on any atom is -0.497 e. The molecular formula is C19H24N2O2. The van der Waals surface area contributed by atoms with Gasteiger partial charge in [-0.15, -0.1) is 0 Å². The van der Waals surface area contributed by atoms with Crippen molar-refractivity contribution in [1.29, 1.82) is 0 Å². The van der Waals surface area contributed by atoms with Gasteiger partial charge in [0.15, 0.2) is 0 Å². The molecule has 122 valence electrons. The van der Waals surface area contributed by atoms with E-state index in [1.165, 1.54) is 5.56 Å². The van der Waals surface area contributed by atoms with Gasteiger partial charge in [0.25, 0.3) is 0 Å². The van der Waals surface area contributed by atoms with E-state index in [0.29, 0.717) is 0 Å². The van der Waals surface area contributed by atoms with Crippen LogP contribution in [0.4, 0.5) is 0 Å². The molecule has 1 unspecified atom stereocenters. The predicted molar refractivity (Wildman–Crippen MR) is 94.3 cm³/mol. The smallest absolute Gasteiger partial charge is 0.118 e. The fourth-order valence-electron chi connectivity index (χ4n) is 2.42. The number of allylic oxidation sites excluding steroid dienone is 1. The maximum Gasteiger partial charge on any atom is 0.118 e. The van der Waals surface area contributed by atoms with Crippen molar-refractivity contribution >= 4 is 5.70 Å². The van der Waals surface area contributed by atoms with Crippen LogP contribution >= 0.6 is 0 Å². The topological polar surface area (TPSA) is 47.7 Å². The zero-order valence-corrected chi connectivity index (χ0v) is 14.1. The Morgan fingerprint density at radius 1 is 0.957 bits per heavy atom. The lowest BCUT2D eigenvalue weighted by molar-refractivity contribution is 0.414. The Morgan fingerprint density at radius 2 is 1.43 bits per heavy atom. The molecular weight excluding hydrogens is 288 g/mol. The van der Waals surface area contributed by atoms with Crippen molar-refractivity contribution in [3.8, 4) is 11.5 Å². The second-order valence-corrected chi connectivity index (χ2v) is 5.45. The molecule has 2 rings (SSSR count). The first-order chi connectivity index (χ1) is 11.0. The minimum absolute atomic E-state index is 0.226. The van der Waals surface area contributed by atoms with Gasteiger partial charge >= 0.3 is 0 Å². The number of hydrazine groups is 1. The molecule has 2 aromatic carbocycles. The Labute approximate surface area is 138 Å². The van der Waals surface area contributed by atoms with Crippen molar-refractivity contribution in [1.82, 2.24) is 5.01 Å². The normalized spacial score (nSPS) is 12.7. The molecule has 0 saturated heterocycles. The first-order valence-corrected chi connectivity index (χ1v) is 7.53. The van der Waals surface area contributed by atoms with Crippen LogP contribution in [0.25, 0.3) is 5.70 Å². The summed E-state index contributed by atoms with van der Waals surface area (Å²) in [5.74, 6) is 7.94. The highest BCUT2D eigenvalue weighted by atomic mass is 16.5. The van der Waals surface area contributed by atoms with E-state index < -0.39 is 0 Å². The molecule has 0 amide bonds. The van der Waals surface area contributed by atoms with Crippen molar-refractivity contribution in [3.63, 3.8) is 0 Å². The lowest BCUT2D eigenvalue weighted by atomic mass is 9.98. The van der Waals surface area contributed by atoms with E-state index in [0.717, 1.165) is 22.8 Å². The standard InChI is InChI=1S/C19H24N2O2/c1-14(15-5-9-17(22-3)10-6-15)13-19(21(2)20)16-7-11-18(23-4)12-8-16/h5-14H,20H2,1-4H3/b19-13-. The Balaban J connectivity index is 2.28. The summed E-state index contributed by atoms with van der Waals surface area (Å²) >= 11 is 0. The molecule has 4 heteroatoms. The van der Waals surface area contributed by atoms with E-state index in [1.807, 2.05) is 43.4 Å². The van der Waals surface area contributed by atoms with Crippen molar-refractivity contribution in [3.05, 3.63) is 65.7 Å². The average molecular weight is 312 g/mol. The summed E-state index contributed by atoms with van der Waals surface area (Å²) in [6.07, 6.45) is 2.16. The molecule has 0 aliphatic carbocycles. The second kappa shape index (κ2) is 7.70. The number of nitrogens with two attached hydrogens (primary N) is 1. The number of benzene rings is 2. The summed E-state index contributed by atoms with van der Waals surface area (Å²) in [6.45, 7) is 2.15. The van der Waals surface area contributed by atoms with Gasteiger partial charge in [0.2, 0.25) is 0 Å². The van der Waals surface area contributed by atoms with Crippen LogP contribution in [0.2, 0.25) is 0 Å². The van der Waals surface area contributed by atoms with Gasteiger partial charge in [0, 0.05) is 13.0 Å². The molecule has 23 heavy (non-hydrogen) atoms. The van der Waals surface area contributed by atoms with Crippen molar-refractivity contribution in [2.75, 3.05) is 21.3 Å². The highest BCUT2D eigenvalue weighted by Crippen LogP contribution is 2.26. The molecule has 0 bridgehead atoms. The molecule has 0 aromatic heterocycles. The largest absolute Gasteiger partial charge is 0.497 e. The third-order valence-electron chi connectivity index (χ3n) is 3.82. The highest BCUT2D eigenvalue weighted by Gasteiger charge is 2.09. The summed E-state index contributed by atoms with van der Waals surface area (Å²) in [7, 11) is 5.17. The van der Waals surface area contributed by atoms with E-state index in [9.17, 15) is 0 Å². The molecule has 0 fully saturated rings. The monoisotopic (exact) mass is 312 g/mol. The maximum absolute atomic E-state index is 6.03. The van der Waals surface area contributed by atoms with E-state index in [1.54, 1.807) is 19.2 Å². The van der Waals surface area contributed by atoms with Gasteiger partial charge in [-0.05, 0) is 47.5 Å².